The lowest BCUT2D eigenvalue weighted by Crippen LogP contribution is -2.14. The number of ether oxygens (including phenoxy) is 1. The lowest BCUT2D eigenvalue weighted by atomic mass is 10.1. The number of carbonyl (C=O) groups excluding carboxylic acids is 1. The van der Waals surface area contributed by atoms with Gasteiger partial charge in [-0.05, 0) is 73.4 Å². The summed E-state index contributed by atoms with van der Waals surface area (Å²) in [6.45, 7) is 4.77. The van der Waals surface area contributed by atoms with Crippen LogP contribution in [0.1, 0.15) is 27.2 Å². The molecule has 0 saturated carbocycles. The summed E-state index contributed by atoms with van der Waals surface area (Å²) in [4.78, 5) is 16.7. The van der Waals surface area contributed by atoms with Gasteiger partial charge < -0.3 is 15.4 Å². The van der Waals surface area contributed by atoms with Crippen molar-refractivity contribution in [2.24, 2.45) is 0 Å². The average molecular weight is 375 g/mol. The topological polar surface area (TPSA) is 63.2 Å². The molecule has 1 amide bonds. The van der Waals surface area contributed by atoms with Crippen LogP contribution in [-0.2, 0) is 6.42 Å². The lowest BCUT2D eigenvalue weighted by Gasteiger charge is -2.10. The highest BCUT2D eigenvalue weighted by atomic mass is 16.5. The molecule has 1 heterocycles. The SMILES string of the molecule is COc1ccc(CCNc2ccnc(C(=O)Nc3cc(C)cc(C)c3)c2)cc1. The van der Waals surface area contributed by atoms with E-state index in [9.17, 15) is 4.79 Å². The van der Waals surface area contributed by atoms with Gasteiger partial charge >= 0.3 is 0 Å². The van der Waals surface area contributed by atoms with Crippen molar-refractivity contribution in [1.82, 2.24) is 4.98 Å². The molecular formula is C23H25N3O2. The van der Waals surface area contributed by atoms with Crippen molar-refractivity contribution in [3.8, 4) is 5.75 Å². The number of rotatable bonds is 7. The van der Waals surface area contributed by atoms with E-state index >= 15 is 0 Å². The maximum absolute atomic E-state index is 12.5. The van der Waals surface area contributed by atoms with Gasteiger partial charge in [0.2, 0.25) is 0 Å². The Morgan fingerprint density at radius 3 is 2.36 bits per heavy atom. The van der Waals surface area contributed by atoms with Gasteiger partial charge in [0.15, 0.2) is 0 Å². The Balaban J connectivity index is 1.58. The van der Waals surface area contributed by atoms with Gasteiger partial charge in [-0.2, -0.15) is 0 Å². The Labute approximate surface area is 165 Å². The molecule has 28 heavy (non-hydrogen) atoms. The molecule has 0 radical (unpaired) electrons. The van der Waals surface area contributed by atoms with Crippen LogP contribution in [0.2, 0.25) is 0 Å². The third kappa shape index (κ3) is 5.33. The molecule has 0 aliphatic heterocycles. The second-order valence-corrected chi connectivity index (χ2v) is 6.79. The first kappa shape index (κ1) is 19.4. The van der Waals surface area contributed by atoms with Gasteiger partial charge in [0.05, 0.1) is 7.11 Å². The van der Waals surface area contributed by atoms with Crippen LogP contribution in [0.15, 0.2) is 60.8 Å². The van der Waals surface area contributed by atoms with E-state index in [-0.39, 0.29) is 5.91 Å². The van der Waals surface area contributed by atoms with Crippen molar-refractivity contribution in [1.29, 1.82) is 0 Å². The minimum absolute atomic E-state index is 0.219. The minimum Gasteiger partial charge on any atom is -0.497 e. The second-order valence-electron chi connectivity index (χ2n) is 6.79. The quantitative estimate of drug-likeness (QED) is 0.633. The van der Waals surface area contributed by atoms with Gasteiger partial charge in [0.1, 0.15) is 11.4 Å². The van der Waals surface area contributed by atoms with E-state index in [0.717, 1.165) is 41.2 Å². The minimum atomic E-state index is -0.219. The number of nitrogens with one attached hydrogen (secondary N) is 2. The molecule has 0 aliphatic rings. The molecule has 0 atom stereocenters. The Morgan fingerprint density at radius 2 is 1.68 bits per heavy atom. The highest BCUT2D eigenvalue weighted by Gasteiger charge is 2.09. The summed E-state index contributed by atoms with van der Waals surface area (Å²) < 4.78 is 5.17. The van der Waals surface area contributed by atoms with Gasteiger partial charge in [-0.25, -0.2) is 0 Å². The summed E-state index contributed by atoms with van der Waals surface area (Å²) in [5, 5.41) is 6.27. The number of pyridine rings is 1. The number of hydrogen-bond acceptors (Lipinski definition) is 4. The predicted octanol–water partition coefficient (Wildman–Crippen LogP) is 4.61. The molecule has 5 heteroatoms. The number of methoxy groups -OCH3 is 1. The lowest BCUT2D eigenvalue weighted by molar-refractivity contribution is 0.102. The molecule has 0 unspecified atom stereocenters. The van der Waals surface area contributed by atoms with Crippen molar-refractivity contribution >= 4 is 17.3 Å². The average Bonchev–Trinajstić information content (AvgIpc) is 2.68. The van der Waals surface area contributed by atoms with Gasteiger partial charge in [0.25, 0.3) is 5.91 Å². The van der Waals surface area contributed by atoms with Crippen LogP contribution >= 0.6 is 0 Å². The van der Waals surface area contributed by atoms with Gasteiger partial charge in [0, 0.05) is 24.1 Å². The molecule has 0 aliphatic carbocycles. The largest absolute Gasteiger partial charge is 0.497 e. The van der Waals surface area contributed by atoms with E-state index in [1.807, 2.05) is 44.2 Å². The number of nitrogens with zero attached hydrogens (tertiary/aromatic N) is 1. The zero-order valence-corrected chi connectivity index (χ0v) is 16.5. The summed E-state index contributed by atoms with van der Waals surface area (Å²) in [5.74, 6) is 0.633. The number of carbonyl (C=O) groups is 1. The third-order valence-electron chi connectivity index (χ3n) is 4.37. The van der Waals surface area contributed by atoms with Crippen LogP contribution in [0, 0.1) is 13.8 Å². The predicted molar refractivity (Wildman–Crippen MR) is 113 cm³/mol. The molecule has 1 aromatic heterocycles. The van der Waals surface area contributed by atoms with Crippen LogP contribution in [0.4, 0.5) is 11.4 Å². The van der Waals surface area contributed by atoms with E-state index < -0.39 is 0 Å². The van der Waals surface area contributed by atoms with Gasteiger partial charge in [-0.15, -0.1) is 0 Å². The molecule has 3 rings (SSSR count). The molecule has 0 bridgehead atoms. The fourth-order valence-electron chi connectivity index (χ4n) is 3.05. The monoisotopic (exact) mass is 375 g/mol. The molecule has 3 aromatic rings. The number of hydrogen-bond donors (Lipinski definition) is 2. The fourth-order valence-corrected chi connectivity index (χ4v) is 3.05. The van der Waals surface area contributed by atoms with Crippen molar-refractivity contribution < 1.29 is 9.53 Å². The first-order valence-corrected chi connectivity index (χ1v) is 9.26. The zero-order chi connectivity index (χ0) is 19.9. The normalized spacial score (nSPS) is 10.4. The Kier molecular flexibility index (Phi) is 6.27. The van der Waals surface area contributed by atoms with Crippen molar-refractivity contribution in [3.05, 3.63) is 83.2 Å². The smallest absolute Gasteiger partial charge is 0.274 e. The zero-order valence-electron chi connectivity index (χ0n) is 16.5. The highest BCUT2D eigenvalue weighted by Crippen LogP contribution is 2.16. The van der Waals surface area contributed by atoms with E-state index in [0.29, 0.717) is 5.69 Å². The van der Waals surface area contributed by atoms with Crippen LogP contribution < -0.4 is 15.4 Å². The maximum Gasteiger partial charge on any atom is 0.274 e. The van der Waals surface area contributed by atoms with E-state index in [1.54, 1.807) is 19.4 Å². The summed E-state index contributed by atoms with van der Waals surface area (Å²) >= 11 is 0. The molecule has 5 nitrogen and oxygen atoms in total. The number of benzene rings is 2. The molecular weight excluding hydrogens is 350 g/mol. The maximum atomic E-state index is 12.5. The molecule has 2 aromatic carbocycles. The first-order valence-electron chi connectivity index (χ1n) is 9.26. The van der Waals surface area contributed by atoms with Gasteiger partial charge in [-0.1, -0.05) is 18.2 Å². The van der Waals surface area contributed by atoms with E-state index in [2.05, 4.69) is 33.8 Å². The summed E-state index contributed by atoms with van der Waals surface area (Å²) in [7, 11) is 1.66. The number of amides is 1. The van der Waals surface area contributed by atoms with E-state index in [1.165, 1.54) is 5.56 Å². The summed E-state index contributed by atoms with van der Waals surface area (Å²) in [5.41, 5.74) is 5.47. The third-order valence-corrected chi connectivity index (χ3v) is 4.37. The van der Waals surface area contributed by atoms with Gasteiger partial charge in [-0.3, -0.25) is 9.78 Å². The molecule has 0 spiro atoms. The van der Waals surface area contributed by atoms with Crippen LogP contribution in [-0.4, -0.2) is 24.5 Å². The van der Waals surface area contributed by atoms with Crippen LogP contribution in [0.5, 0.6) is 5.75 Å². The van der Waals surface area contributed by atoms with Crippen LogP contribution in [0.3, 0.4) is 0 Å². The van der Waals surface area contributed by atoms with Crippen LogP contribution in [0.25, 0.3) is 0 Å². The number of anilines is 2. The molecule has 0 saturated heterocycles. The Bertz CT molecular complexity index is 932. The highest BCUT2D eigenvalue weighted by molar-refractivity contribution is 6.03. The molecule has 144 valence electrons. The standard InChI is InChI=1S/C23H25N3O2/c1-16-12-17(2)14-20(13-16)26-23(27)22-15-19(9-11-25-22)24-10-8-18-4-6-21(28-3)7-5-18/h4-7,9,11-15H,8,10H2,1-3H3,(H,24,25)(H,26,27). The Morgan fingerprint density at radius 1 is 0.964 bits per heavy atom. The van der Waals surface area contributed by atoms with Crippen molar-refractivity contribution in [2.75, 3.05) is 24.3 Å². The first-order chi connectivity index (χ1) is 13.5. The fraction of sp³-hybridized carbons (Fsp3) is 0.217. The van der Waals surface area contributed by atoms with Crippen molar-refractivity contribution in [2.45, 2.75) is 20.3 Å². The summed E-state index contributed by atoms with van der Waals surface area (Å²) in [6, 6.07) is 17.6. The molecule has 0 fully saturated rings. The number of aryl methyl sites for hydroxylation is 2. The van der Waals surface area contributed by atoms with Crippen molar-refractivity contribution in [3.63, 3.8) is 0 Å². The molecule has 2 N–H and O–H groups in total. The van der Waals surface area contributed by atoms with E-state index in [4.69, 9.17) is 4.74 Å². The number of aromatic nitrogens is 1. The Hall–Kier alpha value is -3.34. The second kappa shape index (κ2) is 9.04. The summed E-state index contributed by atoms with van der Waals surface area (Å²) in [6.07, 6.45) is 2.52.